The lowest BCUT2D eigenvalue weighted by molar-refractivity contribution is 0.193. The van der Waals surface area contributed by atoms with Gasteiger partial charge < -0.3 is 15.0 Å². The van der Waals surface area contributed by atoms with Gasteiger partial charge in [0.1, 0.15) is 5.52 Å². The Morgan fingerprint density at radius 3 is 2.81 bits per heavy atom. The summed E-state index contributed by atoms with van der Waals surface area (Å²) in [6.07, 6.45) is 3.46. The Bertz CT molecular complexity index is 1010. The molecule has 0 spiro atoms. The first-order valence-electron chi connectivity index (χ1n) is 9.13. The maximum Gasteiger partial charge on any atom is 0.332 e. The SMILES string of the molecule is O=c1n(CN2CCN(c3cccc4[nH]cnc34)CC2)c(O)c2n1CCC2. The first kappa shape index (κ1) is 15.5. The highest BCUT2D eigenvalue weighted by molar-refractivity contribution is 5.88. The maximum absolute atomic E-state index is 12.5. The van der Waals surface area contributed by atoms with Crippen LogP contribution in [0.4, 0.5) is 5.69 Å². The van der Waals surface area contributed by atoms with Crippen LogP contribution in [0.1, 0.15) is 12.1 Å². The van der Waals surface area contributed by atoms with Gasteiger partial charge in [0.2, 0.25) is 5.88 Å². The number of nitrogens with zero attached hydrogens (tertiary/aromatic N) is 5. The van der Waals surface area contributed by atoms with Gasteiger partial charge in [-0.1, -0.05) is 6.07 Å². The summed E-state index contributed by atoms with van der Waals surface area (Å²) in [6, 6.07) is 6.18. The van der Waals surface area contributed by atoms with E-state index in [-0.39, 0.29) is 11.6 Å². The number of imidazole rings is 2. The summed E-state index contributed by atoms with van der Waals surface area (Å²) in [5.41, 5.74) is 3.90. The molecule has 2 aromatic heterocycles. The zero-order valence-electron chi connectivity index (χ0n) is 14.6. The average Bonchev–Trinajstić information content (AvgIpc) is 3.38. The molecule has 0 amide bonds. The highest BCUT2D eigenvalue weighted by Gasteiger charge is 2.26. The van der Waals surface area contributed by atoms with Gasteiger partial charge in [-0.05, 0) is 25.0 Å². The smallest absolute Gasteiger partial charge is 0.332 e. The van der Waals surface area contributed by atoms with E-state index in [4.69, 9.17) is 0 Å². The molecule has 3 aromatic rings. The Labute approximate surface area is 150 Å². The average molecular weight is 354 g/mol. The largest absolute Gasteiger partial charge is 0.493 e. The number of hydrogen-bond donors (Lipinski definition) is 2. The Morgan fingerprint density at radius 2 is 2.00 bits per heavy atom. The number of aromatic amines is 1. The van der Waals surface area contributed by atoms with Crippen LogP contribution in [0, 0.1) is 0 Å². The third-order valence-corrected chi connectivity index (χ3v) is 5.58. The Kier molecular flexibility index (Phi) is 3.53. The molecule has 0 atom stereocenters. The summed E-state index contributed by atoms with van der Waals surface area (Å²) in [4.78, 5) is 24.6. The summed E-state index contributed by atoms with van der Waals surface area (Å²) in [7, 11) is 0. The molecule has 2 aliphatic rings. The van der Waals surface area contributed by atoms with Crippen LogP contribution in [0.5, 0.6) is 5.88 Å². The highest BCUT2D eigenvalue weighted by atomic mass is 16.3. The van der Waals surface area contributed by atoms with Crippen molar-refractivity contribution in [2.45, 2.75) is 26.1 Å². The molecule has 2 aliphatic heterocycles. The molecule has 0 bridgehead atoms. The molecule has 1 fully saturated rings. The van der Waals surface area contributed by atoms with E-state index in [0.717, 1.165) is 68.0 Å². The van der Waals surface area contributed by atoms with Crippen LogP contribution in [-0.4, -0.2) is 55.3 Å². The second kappa shape index (κ2) is 5.91. The maximum atomic E-state index is 12.5. The number of anilines is 1. The number of rotatable bonds is 3. The highest BCUT2D eigenvalue weighted by Crippen LogP contribution is 2.26. The normalized spacial score (nSPS) is 17.9. The number of benzene rings is 1. The van der Waals surface area contributed by atoms with Crippen LogP contribution in [0.15, 0.2) is 29.3 Å². The molecule has 0 saturated carbocycles. The standard InChI is InChI=1S/C18H22N6O2/c25-17-15-5-2-6-23(15)18(26)24(17)12-21-7-9-22(10-8-21)14-4-1-3-13-16(14)20-11-19-13/h1,3-4,11,25H,2,5-10,12H2,(H,19,20). The summed E-state index contributed by atoms with van der Waals surface area (Å²) >= 11 is 0. The van der Waals surface area contributed by atoms with Crippen molar-refractivity contribution < 1.29 is 5.11 Å². The van der Waals surface area contributed by atoms with Gasteiger partial charge in [-0.15, -0.1) is 0 Å². The minimum Gasteiger partial charge on any atom is -0.493 e. The van der Waals surface area contributed by atoms with Crippen molar-refractivity contribution >= 4 is 16.7 Å². The van der Waals surface area contributed by atoms with E-state index in [2.05, 4.69) is 25.8 Å². The van der Waals surface area contributed by atoms with Crippen molar-refractivity contribution in [1.29, 1.82) is 0 Å². The first-order chi connectivity index (χ1) is 12.7. The molecule has 136 valence electrons. The quantitative estimate of drug-likeness (QED) is 0.732. The molecule has 0 unspecified atom stereocenters. The van der Waals surface area contributed by atoms with Crippen molar-refractivity contribution in [2.75, 3.05) is 31.1 Å². The molecule has 1 aromatic carbocycles. The fourth-order valence-electron chi connectivity index (χ4n) is 4.17. The zero-order chi connectivity index (χ0) is 17.7. The van der Waals surface area contributed by atoms with Gasteiger partial charge >= 0.3 is 5.69 Å². The van der Waals surface area contributed by atoms with Crippen LogP contribution < -0.4 is 10.6 Å². The van der Waals surface area contributed by atoms with E-state index < -0.39 is 0 Å². The molecule has 4 heterocycles. The van der Waals surface area contributed by atoms with Gasteiger partial charge in [0, 0.05) is 32.7 Å². The van der Waals surface area contributed by atoms with E-state index in [1.807, 2.05) is 12.1 Å². The molecular weight excluding hydrogens is 332 g/mol. The van der Waals surface area contributed by atoms with Gasteiger partial charge in [0.15, 0.2) is 0 Å². The predicted molar refractivity (Wildman–Crippen MR) is 98.6 cm³/mol. The van der Waals surface area contributed by atoms with Crippen molar-refractivity contribution in [3.8, 4) is 5.88 Å². The second-order valence-corrected chi connectivity index (χ2v) is 7.06. The minimum atomic E-state index is -0.0845. The molecule has 0 radical (unpaired) electrons. The lowest BCUT2D eigenvalue weighted by atomic mass is 10.2. The number of aromatic hydroxyl groups is 1. The number of aromatic nitrogens is 4. The van der Waals surface area contributed by atoms with Crippen LogP contribution in [0.3, 0.4) is 0 Å². The zero-order valence-corrected chi connectivity index (χ0v) is 14.6. The third-order valence-electron chi connectivity index (χ3n) is 5.58. The van der Waals surface area contributed by atoms with Crippen molar-refractivity contribution in [3.63, 3.8) is 0 Å². The van der Waals surface area contributed by atoms with Crippen molar-refractivity contribution in [1.82, 2.24) is 24.0 Å². The molecular formula is C18H22N6O2. The van der Waals surface area contributed by atoms with Crippen molar-refractivity contribution in [3.05, 3.63) is 40.7 Å². The van der Waals surface area contributed by atoms with E-state index in [1.54, 1.807) is 10.9 Å². The van der Waals surface area contributed by atoms with E-state index in [0.29, 0.717) is 6.67 Å². The fraction of sp³-hybridized carbons (Fsp3) is 0.444. The lowest BCUT2D eigenvalue weighted by Gasteiger charge is -2.36. The molecule has 2 N–H and O–H groups in total. The molecule has 26 heavy (non-hydrogen) atoms. The first-order valence-corrected chi connectivity index (χ1v) is 9.13. The number of H-pyrrole nitrogens is 1. The van der Waals surface area contributed by atoms with Crippen LogP contribution in [-0.2, 0) is 19.6 Å². The van der Waals surface area contributed by atoms with E-state index in [9.17, 15) is 9.90 Å². The van der Waals surface area contributed by atoms with Gasteiger partial charge in [0.05, 0.1) is 29.9 Å². The predicted octanol–water partition coefficient (Wildman–Crippen LogP) is 0.958. The van der Waals surface area contributed by atoms with Crippen LogP contribution in [0.25, 0.3) is 11.0 Å². The van der Waals surface area contributed by atoms with Crippen molar-refractivity contribution in [2.24, 2.45) is 0 Å². The number of hydrogen-bond acceptors (Lipinski definition) is 5. The molecule has 8 heteroatoms. The number of piperazine rings is 1. The van der Waals surface area contributed by atoms with Gasteiger partial charge in [0.25, 0.3) is 0 Å². The number of nitrogens with one attached hydrogen (secondary N) is 1. The Hall–Kier alpha value is -2.74. The van der Waals surface area contributed by atoms with E-state index in [1.165, 1.54) is 4.57 Å². The van der Waals surface area contributed by atoms with E-state index >= 15 is 0 Å². The van der Waals surface area contributed by atoms with Gasteiger partial charge in [-0.25, -0.2) is 14.3 Å². The molecule has 8 nitrogen and oxygen atoms in total. The number of fused-ring (bicyclic) bond motifs is 2. The van der Waals surface area contributed by atoms with Crippen LogP contribution in [0.2, 0.25) is 0 Å². The van der Waals surface area contributed by atoms with Gasteiger partial charge in [-0.2, -0.15) is 0 Å². The fourth-order valence-corrected chi connectivity index (χ4v) is 4.17. The monoisotopic (exact) mass is 354 g/mol. The molecule has 5 rings (SSSR count). The third kappa shape index (κ3) is 2.33. The topological polar surface area (TPSA) is 82.3 Å². The summed E-state index contributed by atoms with van der Waals surface area (Å²) in [5.74, 6) is 0.149. The summed E-state index contributed by atoms with van der Waals surface area (Å²) in [6.45, 7) is 4.59. The molecule has 0 aliphatic carbocycles. The van der Waals surface area contributed by atoms with Gasteiger partial charge in [-0.3, -0.25) is 9.47 Å². The summed E-state index contributed by atoms with van der Waals surface area (Å²) in [5, 5.41) is 10.4. The minimum absolute atomic E-state index is 0.0845. The van der Waals surface area contributed by atoms with Crippen LogP contribution >= 0.6 is 0 Å². The lowest BCUT2D eigenvalue weighted by Crippen LogP contribution is -2.47. The number of para-hydroxylation sites is 1. The Balaban J connectivity index is 1.31. The molecule has 1 saturated heterocycles. The Morgan fingerprint density at radius 1 is 1.15 bits per heavy atom. The second-order valence-electron chi connectivity index (χ2n) is 7.06. The summed E-state index contributed by atoms with van der Waals surface area (Å²) < 4.78 is 3.22.